The summed E-state index contributed by atoms with van der Waals surface area (Å²) in [6, 6.07) is 6.81. The molecule has 2 heterocycles. The SMILES string of the molecule is C[C@H](Sc1nnc([C@H](C)N(C)C)n1-c1ccc(F)cc1)C(=O)N1[C@H](C)CCC[C@H]1C. The molecule has 0 aliphatic carbocycles. The number of halogens is 1. The Kier molecular flexibility index (Phi) is 7.18. The zero-order chi connectivity index (χ0) is 22.0. The topological polar surface area (TPSA) is 54.3 Å². The molecule has 1 amide bonds. The number of thioether (sulfide) groups is 1. The second-order valence-electron chi connectivity index (χ2n) is 8.43. The number of likely N-dealkylation sites (tertiary alicyclic amines) is 1. The normalized spacial score (nSPS) is 21.7. The van der Waals surface area contributed by atoms with E-state index in [1.54, 1.807) is 12.1 Å². The van der Waals surface area contributed by atoms with Crippen LogP contribution in [0.5, 0.6) is 0 Å². The lowest BCUT2D eigenvalue weighted by Crippen LogP contribution is -2.50. The van der Waals surface area contributed by atoms with E-state index in [4.69, 9.17) is 0 Å². The number of piperidine rings is 1. The van der Waals surface area contributed by atoms with Crippen LogP contribution in [0.2, 0.25) is 0 Å². The minimum absolute atomic E-state index is 0.00468. The lowest BCUT2D eigenvalue weighted by molar-refractivity contribution is -0.136. The smallest absolute Gasteiger partial charge is 0.236 e. The molecule has 30 heavy (non-hydrogen) atoms. The van der Waals surface area contributed by atoms with Gasteiger partial charge in [-0.3, -0.25) is 14.3 Å². The van der Waals surface area contributed by atoms with E-state index in [0.717, 1.165) is 30.8 Å². The lowest BCUT2D eigenvalue weighted by Gasteiger charge is -2.40. The highest BCUT2D eigenvalue weighted by Gasteiger charge is 2.33. The average molecular weight is 434 g/mol. The van der Waals surface area contributed by atoms with Crippen LogP contribution in [-0.2, 0) is 4.79 Å². The van der Waals surface area contributed by atoms with Crippen molar-refractivity contribution >= 4 is 17.7 Å². The van der Waals surface area contributed by atoms with Gasteiger partial charge >= 0.3 is 0 Å². The summed E-state index contributed by atoms with van der Waals surface area (Å²) >= 11 is 1.41. The molecule has 1 saturated heterocycles. The molecular weight excluding hydrogens is 401 g/mol. The van der Waals surface area contributed by atoms with Crippen molar-refractivity contribution in [2.45, 2.75) is 75.5 Å². The van der Waals surface area contributed by atoms with Gasteiger partial charge in [-0.2, -0.15) is 0 Å². The fourth-order valence-electron chi connectivity index (χ4n) is 3.97. The van der Waals surface area contributed by atoms with Gasteiger partial charge < -0.3 is 4.90 Å². The van der Waals surface area contributed by atoms with Gasteiger partial charge in [0.1, 0.15) is 5.82 Å². The number of amides is 1. The Labute approximate surface area is 182 Å². The molecular formula is C22H32FN5OS. The fourth-order valence-corrected chi connectivity index (χ4v) is 4.90. The molecule has 2 aromatic rings. The molecule has 0 radical (unpaired) electrons. The molecule has 1 aromatic carbocycles. The first-order valence-electron chi connectivity index (χ1n) is 10.6. The third-order valence-corrected chi connectivity index (χ3v) is 7.00. The van der Waals surface area contributed by atoms with Crippen LogP contribution >= 0.6 is 11.8 Å². The lowest BCUT2D eigenvalue weighted by atomic mass is 9.97. The maximum atomic E-state index is 13.5. The molecule has 1 aliphatic rings. The Morgan fingerprint density at radius 2 is 1.73 bits per heavy atom. The van der Waals surface area contributed by atoms with Crippen LogP contribution in [0.3, 0.4) is 0 Å². The molecule has 3 rings (SSSR count). The van der Waals surface area contributed by atoms with E-state index in [2.05, 4.69) is 24.0 Å². The molecule has 1 aliphatic heterocycles. The highest BCUT2D eigenvalue weighted by atomic mass is 32.2. The quantitative estimate of drug-likeness (QED) is 0.636. The summed E-state index contributed by atoms with van der Waals surface area (Å²) < 4.78 is 15.4. The summed E-state index contributed by atoms with van der Waals surface area (Å²) in [6.45, 7) is 8.23. The summed E-state index contributed by atoms with van der Waals surface area (Å²) in [4.78, 5) is 17.3. The van der Waals surface area contributed by atoms with Gasteiger partial charge in [-0.15, -0.1) is 10.2 Å². The van der Waals surface area contributed by atoms with Crippen LogP contribution in [-0.4, -0.2) is 61.9 Å². The minimum atomic E-state index is -0.293. The van der Waals surface area contributed by atoms with Gasteiger partial charge in [0.25, 0.3) is 0 Å². The van der Waals surface area contributed by atoms with Crippen molar-refractivity contribution in [2.75, 3.05) is 14.1 Å². The largest absolute Gasteiger partial charge is 0.336 e. The fraction of sp³-hybridized carbons (Fsp3) is 0.591. The summed E-state index contributed by atoms with van der Waals surface area (Å²) in [6.07, 6.45) is 3.26. The second kappa shape index (κ2) is 9.47. The van der Waals surface area contributed by atoms with E-state index in [-0.39, 0.29) is 35.1 Å². The number of rotatable bonds is 6. The molecule has 164 valence electrons. The first kappa shape index (κ1) is 22.7. The van der Waals surface area contributed by atoms with E-state index in [0.29, 0.717) is 5.16 Å². The van der Waals surface area contributed by atoms with Gasteiger partial charge in [-0.25, -0.2) is 4.39 Å². The number of carbonyl (C=O) groups excluding carboxylic acids is 1. The molecule has 8 heteroatoms. The van der Waals surface area contributed by atoms with E-state index in [1.165, 1.54) is 23.9 Å². The molecule has 1 fully saturated rings. The summed E-state index contributed by atoms with van der Waals surface area (Å²) in [7, 11) is 3.96. The van der Waals surface area contributed by atoms with Crippen LogP contribution in [0.25, 0.3) is 5.69 Å². The predicted octanol–water partition coefficient (Wildman–Crippen LogP) is 4.30. The van der Waals surface area contributed by atoms with Crippen molar-refractivity contribution in [1.82, 2.24) is 24.6 Å². The Morgan fingerprint density at radius 1 is 1.13 bits per heavy atom. The van der Waals surface area contributed by atoms with Crippen molar-refractivity contribution in [3.8, 4) is 5.69 Å². The van der Waals surface area contributed by atoms with E-state index in [9.17, 15) is 9.18 Å². The third-order valence-electron chi connectivity index (χ3n) is 5.97. The number of hydrogen-bond donors (Lipinski definition) is 0. The molecule has 1 aromatic heterocycles. The Hall–Kier alpha value is -1.93. The molecule has 0 spiro atoms. The van der Waals surface area contributed by atoms with E-state index >= 15 is 0 Å². The molecule has 0 unspecified atom stereocenters. The highest BCUT2D eigenvalue weighted by Crippen LogP contribution is 2.32. The number of nitrogens with zero attached hydrogens (tertiary/aromatic N) is 5. The summed E-state index contributed by atoms with van der Waals surface area (Å²) in [5, 5.41) is 9.18. The van der Waals surface area contributed by atoms with Crippen LogP contribution in [0.15, 0.2) is 29.4 Å². The molecule has 0 bridgehead atoms. The van der Waals surface area contributed by atoms with Gasteiger partial charge in [0.05, 0.1) is 11.3 Å². The van der Waals surface area contributed by atoms with Crippen LogP contribution in [0, 0.1) is 5.82 Å². The molecule has 6 nitrogen and oxygen atoms in total. The molecule has 0 N–H and O–H groups in total. The first-order chi connectivity index (χ1) is 14.2. The van der Waals surface area contributed by atoms with Gasteiger partial charge in [0.2, 0.25) is 5.91 Å². The number of benzene rings is 1. The van der Waals surface area contributed by atoms with Crippen molar-refractivity contribution < 1.29 is 9.18 Å². The standard InChI is InChI=1S/C22H32FN5OS/c1-14-8-7-9-15(2)27(14)21(29)17(4)30-22-25-24-20(16(3)26(5)6)28(22)19-12-10-18(23)11-13-19/h10-17H,7-9H2,1-6H3/t14-,15-,16+,17+/m1/s1. The van der Waals surface area contributed by atoms with E-state index < -0.39 is 0 Å². The second-order valence-corrected chi connectivity index (χ2v) is 9.73. The molecule has 4 atom stereocenters. The Bertz CT molecular complexity index is 859. The van der Waals surface area contributed by atoms with Crippen molar-refractivity contribution in [2.24, 2.45) is 0 Å². The van der Waals surface area contributed by atoms with Crippen LogP contribution < -0.4 is 0 Å². The van der Waals surface area contributed by atoms with Gasteiger partial charge in [0, 0.05) is 17.8 Å². The highest BCUT2D eigenvalue weighted by molar-refractivity contribution is 8.00. The average Bonchev–Trinajstić information content (AvgIpc) is 3.10. The van der Waals surface area contributed by atoms with Crippen LogP contribution in [0.4, 0.5) is 4.39 Å². The first-order valence-corrected chi connectivity index (χ1v) is 11.4. The monoisotopic (exact) mass is 433 g/mol. The van der Waals surface area contributed by atoms with Gasteiger partial charge in [-0.05, 0) is 85.3 Å². The Balaban J connectivity index is 1.91. The Morgan fingerprint density at radius 3 is 2.30 bits per heavy atom. The number of hydrogen-bond acceptors (Lipinski definition) is 5. The predicted molar refractivity (Wildman–Crippen MR) is 118 cm³/mol. The maximum Gasteiger partial charge on any atom is 0.236 e. The van der Waals surface area contributed by atoms with Crippen LogP contribution in [0.1, 0.15) is 58.8 Å². The number of aromatic nitrogens is 3. The van der Waals surface area contributed by atoms with Gasteiger partial charge in [-0.1, -0.05) is 11.8 Å². The zero-order valence-electron chi connectivity index (χ0n) is 18.7. The third kappa shape index (κ3) is 4.70. The van der Waals surface area contributed by atoms with E-state index in [1.807, 2.05) is 42.3 Å². The maximum absolute atomic E-state index is 13.5. The summed E-state index contributed by atoms with van der Waals surface area (Å²) in [5.74, 6) is 0.601. The minimum Gasteiger partial charge on any atom is -0.336 e. The molecule has 0 saturated carbocycles. The van der Waals surface area contributed by atoms with Crippen molar-refractivity contribution in [1.29, 1.82) is 0 Å². The van der Waals surface area contributed by atoms with Gasteiger partial charge in [0.15, 0.2) is 11.0 Å². The van der Waals surface area contributed by atoms with Crippen molar-refractivity contribution in [3.63, 3.8) is 0 Å². The summed E-state index contributed by atoms with van der Waals surface area (Å²) in [5.41, 5.74) is 0.784. The zero-order valence-corrected chi connectivity index (χ0v) is 19.5. The number of carbonyl (C=O) groups is 1. The van der Waals surface area contributed by atoms with Crippen molar-refractivity contribution in [3.05, 3.63) is 35.9 Å².